The van der Waals surface area contributed by atoms with Gasteiger partial charge in [0, 0.05) is 37.1 Å². The van der Waals surface area contributed by atoms with E-state index < -0.39 is 6.10 Å². The van der Waals surface area contributed by atoms with Crippen LogP contribution in [-0.4, -0.2) is 48.1 Å². The molecule has 4 heterocycles. The topological polar surface area (TPSA) is 92.9 Å². The van der Waals surface area contributed by atoms with Crippen molar-refractivity contribution in [3.05, 3.63) is 48.3 Å². The van der Waals surface area contributed by atoms with E-state index in [1.807, 2.05) is 29.8 Å². The molecular formula is C17H19N7O. The number of pyridine rings is 1. The molecule has 4 rings (SSSR count). The Bertz CT molecular complexity index is 872. The molecule has 25 heavy (non-hydrogen) atoms. The molecule has 3 aromatic rings. The fourth-order valence-corrected chi connectivity index (χ4v) is 2.85. The normalized spacial score (nSPS) is 15.9. The van der Waals surface area contributed by atoms with Gasteiger partial charge in [0.25, 0.3) is 0 Å². The third-order valence-electron chi connectivity index (χ3n) is 4.32. The molecule has 8 nitrogen and oxygen atoms in total. The molecule has 0 amide bonds. The van der Waals surface area contributed by atoms with Gasteiger partial charge in [-0.25, -0.2) is 14.6 Å². The van der Waals surface area contributed by atoms with E-state index in [-0.39, 0.29) is 6.04 Å². The van der Waals surface area contributed by atoms with Crippen LogP contribution < -0.4 is 4.90 Å². The lowest BCUT2D eigenvalue weighted by atomic mass is 10.1. The van der Waals surface area contributed by atoms with Crippen molar-refractivity contribution >= 4 is 5.82 Å². The van der Waals surface area contributed by atoms with Gasteiger partial charge in [-0.15, -0.1) is 5.10 Å². The lowest BCUT2D eigenvalue weighted by molar-refractivity contribution is 0.194. The van der Waals surface area contributed by atoms with Crippen LogP contribution in [0.25, 0.3) is 11.3 Å². The Morgan fingerprint density at radius 3 is 2.64 bits per heavy atom. The summed E-state index contributed by atoms with van der Waals surface area (Å²) in [6.07, 6.45) is 4.73. The van der Waals surface area contributed by atoms with Gasteiger partial charge < -0.3 is 10.0 Å². The highest BCUT2D eigenvalue weighted by molar-refractivity contribution is 5.62. The van der Waals surface area contributed by atoms with Crippen molar-refractivity contribution in [3.63, 3.8) is 0 Å². The van der Waals surface area contributed by atoms with E-state index in [9.17, 15) is 5.11 Å². The molecule has 0 spiro atoms. The maximum Gasteiger partial charge on any atom is 0.133 e. The van der Waals surface area contributed by atoms with Gasteiger partial charge in [0.2, 0.25) is 0 Å². The maximum atomic E-state index is 9.56. The zero-order valence-electron chi connectivity index (χ0n) is 14.1. The van der Waals surface area contributed by atoms with Crippen LogP contribution in [0.4, 0.5) is 5.82 Å². The van der Waals surface area contributed by atoms with E-state index in [1.165, 1.54) is 0 Å². The van der Waals surface area contributed by atoms with Gasteiger partial charge in [-0.05, 0) is 26.0 Å². The average molecular weight is 337 g/mol. The summed E-state index contributed by atoms with van der Waals surface area (Å²) < 4.78 is 1.82. The van der Waals surface area contributed by atoms with Gasteiger partial charge in [-0.2, -0.15) is 0 Å². The summed E-state index contributed by atoms with van der Waals surface area (Å²) in [5, 5.41) is 17.7. The van der Waals surface area contributed by atoms with Gasteiger partial charge in [0.1, 0.15) is 17.3 Å². The van der Waals surface area contributed by atoms with Gasteiger partial charge in [-0.3, -0.25) is 4.98 Å². The number of hydrogen-bond acceptors (Lipinski definition) is 7. The van der Waals surface area contributed by atoms with Crippen molar-refractivity contribution in [1.82, 2.24) is 29.9 Å². The van der Waals surface area contributed by atoms with Crippen LogP contribution in [0.5, 0.6) is 0 Å². The van der Waals surface area contributed by atoms with E-state index in [2.05, 4.69) is 30.2 Å². The lowest BCUT2D eigenvalue weighted by Crippen LogP contribution is -2.48. The summed E-state index contributed by atoms with van der Waals surface area (Å²) in [7, 11) is 0. The van der Waals surface area contributed by atoms with Crippen LogP contribution in [0.1, 0.15) is 30.6 Å². The first kappa shape index (κ1) is 15.6. The van der Waals surface area contributed by atoms with Crippen molar-refractivity contribution < 1.29 is 5.11 Å². The summed E-state index contributed by atoms with van der Waals surface area (Å²) >= 11 is 0. The number of aryl methyl sites for hydroxylation is 1. The number of anilines is 1. The van der Waals surface area contributed by atoms with E-state index in [4.69, 9.17) is 0 Å². The third kappa shape index (κ3) is 3.08. The molecule has 0 saturated carbocycles. The third-order valence-corrected chi connectivity index (χ3v) is 4.32. The summed E-state index contributed by atoms with van der Waals surface area (Å²) in [6.45, 7) is 5.19. The van der Waals surface area contributed by atoms with E-state index in [0.717, 1.165) is 36.0 Å². The predicted molar refractivity (Wildman–Crippen MR) is 91.9 cm³/mol. The van der Waals surface area contributed by atoms with Crippen molar-refractivity contribution in [3.8, 4) is 11.3 Å². The molecule has 1 aliphatic rings. The molecule has 128 valence electrons. The lowest BCUT2D eigenvalue weighted by Gasteiger charge is -2.39. The Morgan fingerprint density at radius 2 is 1.96 bits per heavy atom. The summed E-state index contributed by atoms with van der Waals surface area (Å²) in [4.78, 5) is 15.3. The molecule has 0 aromatic carbocycles. The second-order valence-electron chi connectivity index (χ2n) is 6.25. The Hall–Kier alpha value is -2.87. The smallest absolute Gasteiger partial charge is 0.133 e. The maximum absolute atomic E-state index is 9.56. The number of rotatable bonds is 4. The second kappa shape index (κ2) is 6.21. The quantitative estimate of drug-likeness (QED) is 0.772. The molecule has 8 heteroatoms. The minimum Gasteiger partial charge on any atom is -0.387 e. The predicted octanol–water partition coefficient (Wildman–Crippen LogP) is 1.55. The van der Waals surface area contributed by atoms with Gasteiger partial charge in [0.15, 0.2) is 0 Å². The largest absolute Gasteiger partial charge is 0.387 e. The first-order valence-corrected chi connectivity index (χ1v) is 8.21. The molecule has 3 aromatic heterocycles. The summed E-state index contributed by atoms with van der Waals surface area (Å²) in [5.41, 5.74) is 2.51. The average Bonchev–Trinajstić information content (AvgIpc) is 3.04. The second-order valence-corrected chi connectivity index (χ2v) is 6.25. The van der Waals surface area contributed by atoms with Crippen LogP contribution in [0.3, 0.4) is 0 Å². The zero-order valence-corrected chi connectivity index (χ0v) is 14.1. The number of aliphatic hydroxyl groups excluding tert-OH is 1. The highest BCUT2D eigenvalue weighted by Crippen LogP contribution is 2.29. The van der Waals surface area contributed by atoms with E-state index in [0.29, 0.717) is 5.69 Å². The van der Waals surface area contributed by atoms with Crippen molar-refractivity contribution in [2.24, 2.45) is 0 Å². The van der Waals surface area contributed by atoms with Gasteiger partial charge in [-0.1, -0.05) is 5.21 Å². The Labute approximate surface area is 145 Å². The van der Waals surface area contributed by atoms with Crippen LogP contribution in [0.2, 0.25) is 0 Å². The monoisotopic (exact) mass is 337 g/mol. The van der Waals surface area contributed by atoms with Crippen molar-refractivity contribution in [2.75, 3.05) is 18.0 Å². The molecule has 1 aliphatic heterocycles. The van der Waals surface area contributed by atoms with Gasteiger partial charge >= 0.3 is 0 Å². The molecular weight excluding hydrogens is 318 g/mol. The highest BCUT2D eigenvalue weighted by atomic mass is 16.3. The number of aromatic nitrogens is 6. The Balaban J connectivity index is 1.51. The van der Waals surface area contributed by atoms with Gasteiger partial charge in [0.05, 0.1) is 24.0 Å². The summed E-state index contributed by atoms with van der Waals surface area (Å²) in [6, 6.07) is 6.12. The minimum atomic E-state index is -0.600. The number of aliphatic hydroxyl groups is 1. The van der Waals surface area contributed by atoms with Crippen molar-refractivity contribution in [1.29, 1.82) is 0 Å². The van der Waals surface area contributed by atoms with Crippen LogP contribution in [0.15, 0.2) is 36.8 Å². The van der Waals surface area contributed by atoms with Crippen LogP contribution in [0, 0.1) is 6.92 Å². The molecule has 0 bridgehead atoms. The van der Waals surface area contributed by atoms with Crippen LogP contribution in [-0.2, 0) is 0 Å². The van der Waals surface area contributed by atoms with Crippen molar-refractivity contribution in [2.45, 2.75) is 26.0 Å². The SMILES string of the molecule is Cc1nc(-c2ccncc2)cc(N2CC(n3cc(C(C)O)nn3)C2)n1. The first-order valence-electron chi connectivity index (χ1n) is 8.21. The molecule has 1 N–H and O–H groups in total. The van der Waals surface area contributed by atoms with Crippen LogP contribution >= 0.6 is 0 Å². The molecule has 1 unspecified atom stereocenters. The highest BCUT2D eigenvalue weighted by Gasteiger charge is 2.31. The molecule has 0 aliphatic carbocycles. The number of nitrogens with zero attached hydrogens (tertiary/aromatic N) is 7. The first-order chi connectivity index (χ1) is 12.1. The number of hydrogen-bond donors (Lipinski definition) is 1. The molecule has 1 fully saturated rings. The fourth-order valence-electron chi connectivity index (χ4n) is 2.85. The molecule has 1 atom stereocenters. The van der Waals surface area contributed by atoms with E-state index in [1.54, 1.807) is 25.5 Å². The Kier molecular flexibility index (Phi) is 3.89. The van der Waals surface area contributed by atoms with E-state index >= 15 is 0 Å². The molecule has 0 radical (unpaired) electrons. The standard InChI is InChI=1S/C17H19N7O/c1-11(25)16-10-24(22-21-16)14-8-23(9-14)17-7-15(19-12(2)20-17)13-3-5-18-6-4-13/h3-7,10-11,14,25H,8-9H2,1-2H3. The Morgan fingerprint density at radius 1 is 1.20 bits per heavy atom. The zero-order chi connectivity index (χ0) is 17.4. The molecule has 1 saturated heterocycles. The summed E-state index contributed by atoms with van der Waals surface area (Å²) in [5.74, 6) is 1.65. The fraction of sp³-hybridized carbons (Fsp3) is 0.353. The minimum absolute atomic E-state index is 0.236.